The Bertz CT molecular complexity index is 506. The van der Waals surface area contributed by atoms with E-state index >= 15 is 0 Å². The summed E-state index contributed by atoms with van der Waals surface area (Å²) in [5, 5.41) is 0. The minimum atomic E-state index is 0.498. The molecule has 2 rings (SSSR count). The standard InChI is InChI=1S/C15H18N2O/c1-11(2)10-18-15-6-4-3-5-13(15)14-8-7-12(16)9-17-14/h3-9,11H,10,16H2,1-2H3. The molecule has 2 aromatic rings. The van der Waals surface area contributed by atoms with Crippen LogP contribution in [0.3, 0.4) is 0 Å². The van der Waals surface area contributed by atoms with Gasteiger partial charge in [-0.05, 0) is 30.2 Å². The zero-order valence-corrected chi connectivity index (χ0v) is 10.8. The van der Waals surface area contributed by atoms with Gasteiger partial charge in [-0.1, -0.05) is 26.0 Å². The van der Waals surface area contributed by atoms with Crippen LogP contribution in [0.5, 0.6) is 5.75 Å². The van der Waals surface area contributed by atoms with E-state index < -0.39 is 0 Å². The van der Waals surface area contributed by atoms with E-state index in [2.05, 4.69) is 18.8 Å². The van der Waals surface area contributed by atoms with Crippen LogP contribution in [-0.4, -0.2) is 11.6 Å². The second-order valence-electron chi connectivity index (χ2n) is 4.68. The fourth-order valence-electron chi connectivity index (χ4n) is 1.63. The lowest BCUT2D eigenvalue weighted by atomic mass is 10.1. The van der Waals surface area contributed by atoms with Gasteiger partial charge < -0.3 is 10.5 Å². The highest BCUT2D eigenvalue weighted by Gasteiger charge is 2.07. The summed E-state index contributed by atoms with van der Waals surface area (Å²) in [6.07, 6.45) is 1.66. The third-order valence-electron chi connectivity index (χ3n) is 2.52. The van der Waals surface area contributed by atoms with Gasteiger partial charge in [-0.3, -0.25) is 4.98 Å². The Labute approximate surface area is 108 Å². The van der Waals surface area contributed by atoms with Gasteiger partial charge in [-0.15, -0.1) is 0 Å². The van der Waals surface area contributed by atoms with Crippen LogP contribution in [-0.2, 0) is 0 Å². The number of nitrogens with zero attached hydrogens (tertiary/aromatic N) is 1. The van der Waals surface area contributed by atoms with Crippen molar-refractivity contribution in [1.29, 1.82) is 0 Å². The van der Waals surface area contributed by atoms with Gasteiger partial charge >= 0.3 is 0 Å². The lowest BCUT2D eigenvalue weighted by Crippen LogP contribution is -2.05. The van der Waals surface area contributed by atoms with Crippen LogP contribution >= 0.6 is 0 Å². The fourth-order valence-corrected chi connectivity index (χ4v) is 1.63. The summed E-state index contributed by atoms with van der Waals surface area (Å²) in [5.74, 6) is 1.36. The number of benzene rings is 1. The number of hydrogen-bond donors (Lipinski definition) is 1. The van der Waals surface area contributed by atoms with Crippen molar-refractivity contribution in [2.45, 2.75) is 13.8 Å². The van der Waals surface area contributed by atoms with Crippen LogP contribution in [0.2, 0.25) is 0 Å². The van der Waals surface area contributed by atoms with Crippen LogP contribution in [0, 0.1) is 5.92 Å². The number of aromatic nitrogens is 1. The monoisotopic (exact) mass is 242 g/mol. The largest absolute Gasteiger partial charge is 0.493 e. The molecular formula is C15H18N2O. The lowest BCUT2D eigenvalue weighted by Gasteiger charge is -2.12. The van der Waals surface area contributed by atoms with Crippen LogP contribution in [0.25, 0.3) is 11.3 Å². The van der Waals surface area contributed by atoms with Gasteiger partial charge in [0.15, 0.2) is 0 Å². The second-order valence-corrected chi connectivity index (χ2v) is 4.68. The molecule has 1 heterocycles. The molecule has 18 heavy (non-hydrogen) atoms. The predicted molar refractivity (Wildman–Crippen MR) is 74.4 cm³/mol. The molecule has 0 fully saturated rings. The average molecular weight is 242 g/mol. The molecule has 94 valence electrons. The molecule has 2 N–H and O–H groups in total. The van der Waals surface area contributed by atoms with Gasteiger partial charge in [0.1, 0.15) is 5.75 Å². The SMILES string of the molecule is CC(C)COc1ccccc1-c1ccc(N)cn1. The molecule has 0 aliphatic heterocycles. The molecule has 3 heteroatoms. The molecule has 0 aliphatic rings. The van der Waals surface area contributed by atoms with E-state index in [1.165, 1.54) is 0 Å². The molecule has 0 radical (unpaired) electrons. The number of nitrogens with two attached hydrogens (primary N) is 1. The molecule has 0 saturated carbocycles. The van der Waals surface area contributed by atoms with Gasteiger partial charge in [0, 0.05) is 5.56 Å². The van der Waals surface area contributed by atoms with E-state index in [0.717, 1.165) is 17.0 Å². The Kier molecular flexibility index (Phi) is 3.82. The summed E-state index contributed by atoms with van der Waals surface area (Å²) in [5.41, 5.74) is 8.19. The maximum Gasteiger partial charge on any atom is 0.128 e. The Balaban J connectivity index is 2.29. The number of pyridine rings is 1. The second kappa shape index (κ2) is 5.54. The normalized spacial score (nSPS) is 10.6. The molecule has 1 aromatic heterocycles. The number of para-hydroxylation sites is 1. The van der Waals surface area contributed by atoms with Crippen molar-refractivity contribution in [2.75, 3.05) is 12.3 Å². The van der Waals surface area contributed by atoms with Crippen LogP contribution < -0.4 is 10.5 Å². The first-order chi connectivity index (χ1) is 8.66. The Morgan fingerprint density at radius 2 is 1.94 bits per heavy atom. The van der Waals surface area contributed by atoms with Crippen molar-refractivity contribution >= 4 is 5.69 Å². The Morgan fingerprint density at radius 1 is 1.17 bits per heavy atom. The quantitative estimate of drug-likeness (QED) is 0.894. The van der Waals surface area contributed by atoms with Crippen molar-refractivity contribution in [3.8, 4) is 17.0 Å². The van der Waals surface area contributed by atoms with Gasteiger partial charge in [0.25, 0.3) is 0 Å². The maximum atomic E-state index is 5.81. The summed E-state index contributed by atoms with van der Waals surface area (Å²) in [6.45, 7) is 4.96. The van der Waals surface area contributed by atoms with Gasteiger partial charge in [0.05, 0.1) is 24.2 Å². The van der Waals surface area contributed by atoms with E-state index in [1.54, 1.807) is 6.20 Å². The van der Waals surface area contributed by atoms with Crippen molar-refractivity contribution in [2.24, 2.45) is 5.92 Å². The van der Waals surface area contributed by atoms with Crippen molar-refractivity contribution < 1.29 is 4.74 Å². The van der Waals surface area contributed by atoms with E-state index in [1.807, 2.05) is 36.4 Å². The van der Waals surface area contributed by atoms with Gasteiger partial charge in [-0.2, -0.15) is 0 Å². The van der Waals surface area contributed by atoms with Gasteiger partial charge in [-0.25, -0.2) is 0 Å². The number of nitrogen functional groups attached to an aromatic ring is 1. The summed E-state index contributed by atoms with van der Waals surface area (Å²) in [4.78, 5) is 4.33. The third kappa shape index (κ3) is 3.00. The molecule has 0 amide bonds. The number of anilines is 1. The molecule has 0 bridgehead atoms. The number of hydrogen-bond acceptors (Lipinski definition) is 3. The van der Waals surface area contributed by atoms with E-state index in [9.17, 15) is 0 Å². The molecule has 0 atom stereocenters. The Morgan fingerprint density at radius 3 is 2.61 bits per heavy atom. The van der Waals surface area contributed by atoms with Crippen LogP contribution in [0.1, 0.15) is 13.8 Å². The zero-order valence-electron chi connectivity index (χ0n) is 10.8. The van der Waals surface area contributed by atoms with Crippen molar-refractivity contribution in [3.05, 3.63) is 42.6 Å². The zero-order chi connectivity index (χ0) is 13.0. The smallest absolute Gasteiger partial charge is 0.128 e. The molecule has 3 nitrogen and oxygen atoms in total. The van der Waals surface area contributed by atoms with E-state index in [0.29, 0.717) is 18.2 Å². The highest BCUT2D eigenvalue weighted by molar-refractivity contribution is 5.67. The molecular weight excluding hydrogens is 224 g/mol. The lowest BCUT2D eigenvalue weighted by molar-refractivity contribution is 0.272. The summed E-state index contributed by atoms with van der Waals surface area (Å²) >= 11 is 0. The fraction of sp³-hybridized carbons (Fsp3) is 0.267. The molecule has 0 unspecified atom stereocenters. The molecule has 0 spiro atoms. The van der Waals surface area contributed by atoms with E-state index in [4.69, 9.17) is 10.5 Å². The summed E-state index contributed by atoms with van der Waals surface area (Å²) in [6, 6.07) is 11.7. The highest BCUT2D eigenvalue weighted by atomic mass is 16.5. The minimum absolute atomic E-state index is 0.498. The van der Waals surface area contributed by atoms with Crippen LogP contribution in [0.15, 0.2) is 42.6 Å². The Hall–Kier alpha value is -2.03. The minimum Gasteiger partial charge on any atom is -0.493 e. The van der Waals surface area contributed by atoms with Gasteiger partial charge in [0.2, 0.25) is 0 Å². The summed E-state index contributed by atoms with van der Waals surface area (Å²) < 4.78 is 5.81. The average Bonchev–Trinajstić information content (AvgIpc) is 2.38. The first-order valence-electron chi connectivity index (χ1n) is 6.10. The first kappa shape index (κ1) is 12.4. The highest BCUT2D eigenvalue weighted by Crippen LogP contribution is 2.28. The summed E-state index contributed by atoms with van der Waals surface area (Å²) in [7, 11) is 0. The topological polar surface area (TPSA) is 48.1 Å². The van der Waals surface area contributed by atoms with Crippen LogP contribution in [0.4, 0.5) is 5.69 Å². The third-order valence-corrected chi connectivity index (χ3v) is 2.52. The molecule has 0 saturated heterocycles. The molecule has 1 aromatic carbocycles. The maximum absolute atomic E-state index is 5.81. The number of ether oxygens (including phenoxy) is 1. The predicted octanol–water partition coefficient (Wildman–Crippen LogP) is 3.37. The molecule has 0 aliphatic carbocycles. The van der Waals surface area contributed by atoms with E-state index in [-0.39, 0.29) is 0 Å². The number of rotatable bonds is 4. The first-order valence-corrected chi connectivity index (χ1v) is 6.10. The van der Waals surface area contributed by atoms with Crippen molar-refractivity contribution in [3.63, 3.8) is 0 Å². The van der Waals surface area contributed by atoms with Crippen molar-refractivity contribution in [1.82, 2.24) is 4.98 Å².